The predicted octanol–water partition coefficient (Wildman–Crippen LogP) is 1.40. The second kappa shape index (κ2) is 2.57. The predicted molar refractivity (Wildman–Crippen MR) is 40.0 cm³/mol. The first-order valence-corrected chi connectivity index (χ1v) is 3.64. The molecule has 0 saturated carbocycles. The summed E-state index contributed by atoms with van der Waals surface area (Å²) in [6, 6.07) is 0. The highest BCUT2D eigenvalue weighted by Gasteiger charge is 2.29. The van der Waals surface area contributed by atoms with E-state index in [-0.39, 0.29) is 17.8 Å². The molecule has 0 saturated heterocycles. The normalized spacial score (nSPS) is 32.1. The molecule has 1 rings (SSSR count). The van der Waals surface area contributed by atoms with Crippen LogP contribution < -0.4 is 0 Å². The van der Waals surface area contributed by atoms with Gasteiger partial charge in [0.05, 0.1) is 11.5 Å². The van der Waals surface area contributed by atoms with Crippen LogP contribution in [0, 0.1) is 5.92 Å². The number of aliphatic hydroxyl groups is 1. The molecule has 0 aromatic rings. The van der Waals surface area contributed by atoms with Crippen molar-refractivity contribution >= 4 is 5.97 Å². The van der Waals surface area contributed by atoms with Crippen LogP contribution in [0.4, 0.5) is 0 Å². The van der Waals surface area contributed by atoms with Gasteiger partial charge in [0.2, 0.25) is 0 Å². The molecule has 0 amide bonds. The number of cyclic esters (lactones) is 1. The molecule has 0 aromatic carbocycles. The fourth-order valence-electron chi connectivity index (χ4n) is 1.03. The number of hydrogen-bond donors (Lipinski definition) is 1. The van der Waals surface area contributed by atoms with Gasteiger partial charge in [-0.15, -0.1) is 0 Å². The minimum Gasteiger partial charge on any atom is -0.511 e. The van der Waals surface area contributed by atoms with Crippen molar-refractivity contribution in [2.24, 2.45) is 5.92 Å². The Hall–Kier alpha value is -0.990. The lowest BCUT2D eigenvalue weighted by Crippen LogP contribution is -2.30. The maximum Gasteiger partial charge on any atom is 0.337 e. The number of carbonyl (C=O) groups excluding carboxylic acids is 1. The van der Waals surface area contributed by atoms with Crippen LogP contribution in [0.2, 0.25) is 0 Å². The standard InChI is InChI=1S/C8H12O3/c1-4-6(3)11-8(10)5(2)7(4)9/h4,6,9H,1-3H3. The quantitative estimate of drug-likeness (QED) is 0.539. The molecule has 0 fully saturated rings. The topological polar surface area (TPSA) is 46.5 Å². The molecule has 0 spiro atoms. The van der Waals surface area contributed by atoms with Gasteiger partial charge in [0.25, 0.3) is 0 Å². The minimum absolute atomic E-state index is 0.0762. The van der Waals surface area contributed by atoms with Crippen LogP contribution in [0.1, 0.15) is 20.8 Å². The summed E-state index contributed by atoms with van der Waals surface area (Å²) >= 11 is 0. The van der Waals surface area contributed by atoms with Crippen LogP contribution in [0.3, 0.4) is 0 Å². The fourth-order valence-corrected chi connectivity index (χ4v) is 1.03. The highest BCUT2D eigenvalue weighted by atomic mass is 16.5. The summed E-state index contributed by atoms with van der Waals surface area (Å²) in [6.07, 6.45) is -0.216. The van der Waals surface area contributed by atoms with Crippen LogP contribution >= 0.6 is 0 Å². The van der Waals surface area contributed by atoms with Crippen LogP contribution in [-0.2, 0) is 9.53 Å². The molecule has 1 N–H and O–H groups in total. The van der Waals surface area contributed by atoms with E-state index in [9.17, 15) is 9.90 Å². The molecule has 0 aromatic heterocycles. The van der Waals surface area contributed by atoms with E-state index in [1.54, 1.807) is 13.8 Å². The van der Waals surface area contributed by atoms with E-state index < -0.39 is 5.97 Å². The van der Waals surface area contributed by atoms with Gasteiger partial charge in [-0.2, -0.15) is 0 Å². The van der Waals surface area contributed by atoms with Gasteiger partial charge in [-0.25, -0.2) is 4.79 Å². The summed E-state index contributed by atoms with van der Waals surface area (Å²) in [5.41, 5.74) is 0.329. The summed E-state index contributed by atoms with van der Waals surface area (Å²) in [7, 11) is 0. The first-order chi connectivity index (χ1) is 5.04. The van der Waals surface area contributed by atoms with Gasteiger partial charge in [-0.1, -0.05) is 6.92 Å². The summed E-state index contributed by atoms with van der Waals surface area (Å²) in [5.74, 6) is -0.324. The molecule has 1 aliphatic heterocycles. The molecule has 2 unspecified atom stereocenters. The highest BCUT2D eigenvalue weighted by Crippen LogP contribution is 2.24. The zero-order valence-corrected chi connectivity index (χ0v) is 6.92. The van der Waals surface area contributed by atoms with E-state index in [1.165, 1.54) is 0 Å². The molecule has 0 aliphatic carbocycles. The van der Waals surface area contributed by atoms with Crippen molar-refractivity contribution < 1.29 is 14.6 Å². The number of esters is 1. The fraction of sp³-hybridized carbons (Fsp3) is 0.625. The molecule has 2 atom stereocenters. The Bertz CT molecular complexity index is 217. The average molecular weight is 156 g/mol. The Morgan fingerprint density at radius 2 is 2.00 bits per heavy atom. The number of rotatable bonds is 0. The van der Waals surface area contributed by atoms with Crippen LogP contribution in [-0.4, -0.2) is 17.2 Å². The first-order valence-electron chi connectivity index (χ1n) is 3.64. The lowest BCUT2D eigenvalue weighted by Gasteiger charge is -2.25. The Balaban J connectivity index is 2.98. The number of carbonyl (C=O) groups is 1. The Morgan fingerprint density at radius 1 is 1.45 bits per heavy atom. The second-order valence-electron chi connectivity index (χ2n) is 2.91. The van der Waals surface area contributed by atoms with E-state index >= 15 is 0 Å². The SMILES string of the molecule is CC1=C(O)C(C)C(C)OC1=O. The van der Waals surface area contributed by atoms with Gasteiger partial charge in [0.15, 0.2) is 0 Å². The Labute approximate surface area is 65.7 Å². The molecule has 1 heterocycles. The van der Waals surface area contributed by atoms with Gasteiger partial charge >= 0.3 is 5.97 Å². The second-order valence-corrected chi connectivity index (χ2v) is 2.91. The molecule has 0 radical (unpaired) electrons. The van der Waals surface area contributed by atoms with Gasteiger partial charge in [-0.05, 0) is 13.8 Å². The van der Waals surface area contributed by atoms with Crippen LogP contribution in [0.25, 0.3) is 0 Å². The molecule has 3 heteroatoms. The molecular formula is C8H12O3. The Morgan fingerprint density at radius 3 is 2.55 bits per heavy atom. The summed E-state index contributed by atoms with van der Waals surface area (Å²) in [5, 5.41) is 9.37. The van der Waals surface area contributed by atoms with Crippen LogP contribution in [0.5, 0.6) is 0 Å². The van der Waals surface area contributed by atoms with Gasteiger partial charge in [0, 0.05) is 0 Å². The van der Waals surface area contributed by atoms with E-state index in [4.69, 9.17) is 4.74 Å². The van der Waals surface area contributed by atoms with Crippen molar-refractivity contribution in [3.05, 3.63) is 11.3 Å². The summed E-state index contributed by atoms with van der Waals surface area (Å²) in [6.45, 7) is 5.17. The van der Waals surface area contributed by atoms with Crippen molar-refractivity contribution in [1.29, 1.82) is 0 Å². The molecule has 62 valence electrons. The molecule has 11 heavy (non-hydrogen) atoms. The smallest absolute Gasteiger partial charge is 0.337 e. The monoisotopic (exact) mass is 156 g/mol. The summed E-state index contributed by atoms with van der Waals surface area (Å²) in [4.78, 5) is 10.9. The highest BCUT2D eigenvalue weighted by molar-refractivity contribution is 5.89. The summed E-state index contributed by atoms with van der Waals surface area (Å²) < 4.78 is 4.92. The molecule has 3 nitrogen and oxygen atoms in total. The van der Waals surface area contributed by atoms with Crippen molar-refractivity contribution in [3.8, 4) is 0 Å². The average Bonchev–Trinajstić information content (AvgIpc) is 1.97. The van der Waals surface area contributed by atoms with Gasteiger partial charge < -0.3 is 9.84 Å². The zero-order valence-electron chi connectivity index (χ0n) is 6.92. The maximum absolute atomic E-state index is 10.9. The van der Waals surface area contributed by atoms with Crippen LogP contribution in [0.15, 0.2) is 11.3 Å². The number of hydrogen-bond acceptors (Lipinski definition) is 3. The van der Waals surface area contributed by atoms with Crippen molar-refractivity contribution in [1.82, 2.24) is 0 Å². The number of aliphatic hydroxyl groups excluding tert-OH is 1. The third-order valence-corrected chi connectivity index (χ3v) is 2.12. The zero-order chi connectivity index (χ0) is 8.59. The Kier molecular flexibility index (Phi) is 1.89. The third-order valence-electron chi connectivity index (χ3n) is 2.12. The van der Waals surface area contributed by atoms with Gasteiger partial charge in [0.1, 0.15) is 11.9 Å². The van der Waals surface area contributed by atoms with Crippen molar-refractivity contribution in [3.63, 3.8) is 0 Å². The van der Waals surface area contributed by atoms with Gasteiger partial charge in [-0.3, -0.25) is 0 Å². The number of ether oxygens (including phenoxy) is 1. The maximum atomic E-state index is 10.9. The lowest BCUT2D eigenvalue weighted by atomic mass is 9.98. The third kappa shape index (κ3) is 1.23. The molecular weight excluding hydrogens is 144 g/mol. The van der Waals surface area contributed by atoms with Crippen molar-refractivity contribution in [2.75, 3.05) is 0 Å². The van der Waals surface area contributed by atoms with E-state index in [0.29, 0.717) is 5.57 Å². The van der Waals surface area contributed by atoms with Crippen molar-refractivity contribution in [2.45, 2.75) is 26.9 Å². The van der Waals surface area contributed by atoms with E-state index in [2.05, 4.69) is 0 Å². The first kappa shape index (κ1) is 8.11. The largest absolute Gasteiger partial charge is 0.511 e. The lowest BCUT2D eigenvalue weighted by molar-refractivity contribution is -0.148. The molecule has 0 bridgehead atoms. The molecule has 1 aliphatic rings. The van der Waals surface area contributed by atoms with E-state index in [0.717, 1.165) is 0 Å². The van der Waals surface area contributed by atoms with E-state index in [1.807, 2.05) is 6.92 Å². The minimum atomic E-state index is -0.409.